The minimum atomic E-state index is -0.784. The second-order valence-corrected chi connectivity index (χ2v) is 5.31. The Kier molecular flexibility index (Phi) is 6.15. The maximum atomic E-state index is 13.9. The molecule has 1 amide bonds. The number of piperazine rings is 1. The number of hydrogen-bond donors (Lipinski definition) is 1. The Labute approximate surface area is 134 Å². The van der Waals surface area contributed by atoms with Crippen LogP contribution in [-0.4, -0.2) is 43.3 Å². The first-order valence-electron chi connectivity index (χ1n) is 7.81. The number of rotatable bonds is 5. The monoisotopic (exact) mass is 328 g/mol. The molecule has 1 aromatic rings. The summed E-state index contributed by atoms with van der Waals surface area (Å²) in [4.78, 5) is 13.7. The Bertz CT molecular complexity index is 531. The highest BCUT2D eigenvalue weighted by Crippen LogP contribution is 2.22. The molecule has 5 nitrogen and oxygen atoms in total. The van der Waals surface area contributed by atoms with Gasteiger partial charge in [0.05, 0.1) is 12.2 Å². The van der Waals surface area contributed by atoms with Crippen LogP contribution in [0.3, 0.4) is 0 Å². The number of benzene rings is 1. The van der Waals surface area contributed by atoms with Crippen LogP contribution >= 0.6 is 0 Å². The molecule has 0 saturated carbocycles. The molecule has 1 aromatic carbocycles. The van der Waals surface area contributed by atoms with E-state index in [1.54, 1.807) is 11.8 Å². The van der Waals surface area contributed by atoms with Crippen molar-refractivity contribution in [2.24, 2.45) is 0 Å². The molecule has 1 aliphatic heterocycles. The predicted molar refractivity (Wildman–Crippen MR) is 81.4 cm³/mol. The Morgan fingerprint density at radius 2 is 2.04 bits per heavy atom. The first-order chi connectivity index (χ1) is 11.1. The first-order valence-corrected chi connectivity index (χ1v) is 7.81. The van der Waals surface area contributed by atoms with Gasteiger partial charge in [0.2, 0.25) is 0 Å². The first kappa shape index (κ1) is 17.5. The molecule has 2 rings (SSSR count). The van der Waals surface area contributed by atoms with E-state index in [1.165, 1.54) is 0 Å². The topological polar surface area (TPSA) is 50.8 Å². The van der Waals surface area contributed by atoms with Crippen molar-refractivity contribution in [1.82, 2.24) is 10.2 Å². The predicted octanol–water partition coefficient (Wildman–Crippen LogP) is 2.68. The third kappa shape index (κ3) is 4.31. The summed E-state index contributed by atoms with van der Waals surface area (Å²) in [6, 6.07) is 2.22. The SMILES string of the molecule is CCOc1cc(F)c(COC(=O)N2CCNC[C@H]2CC)c(F)c1. The van der Waals surface area contributed by atoms with E-state index >= 15 is 0 Å². The van der Waals surface area contributed by atoms with Gasteiger partial charge in [-0.1, -0.05) is 6.92 Å². The highest BCUT2D eigenvalue weighted by atomic mass is 19.1. The molecule has 0 bridgehead atoms. The van der Waals surface area contributed by atoms with E-state index < -0.39 is 24.3 Å². The van der Waals surface area contributed by atoms with Gasteiger partial charge in [0.25, 0.3) is 0 Å². The van der Waals surface area contributed by atoms with Gasteiger partial charge >= 0.3 is 6.09 Å². The largest absolute Gasteiger partial charge is 0.494 e. The van der Waals surface area contributed by atoms with E-state index in [9.17, 15) is 13.6 Å². The van der Waals surface area contributed by atoms with Crippen LogP contribution in [0.4, 0.5) is 13.6 Å². The van der Waals surface area contributed by atoms with Crippen LogP contribution < -0.4 is 10.1 Å². The van der Waals surface area contributed by atoms with Crippen molar-refractivity contribution >= 4 is 6.09 Å². The van der Waals surface area contributed by atoms with Crippen LogP contribution in [0.2, 0.25) is 0 Å². The van der Waals surface area contributed by atoms with Crippen molar-refractivity contribution in [2.45, 2.75) is 32.9 Å². The molecule has 0 unspecified atom stereocenters. The molecule has 7 heteroatoms. The van der Waals surface area contributed by atoms with Crippen molar-refractivity contribution in [2.75, 3.05) is 26.2 Å². The Hall–Kier alpha value is -1.89. The van der Waals surface area contributed by atoms with Gasteiger partial charge in [0.1, 0.15) is 24.0 Å². The van der Waals surface area contributed by atoms with Gasteiger partial charge in [-0.2, -0.15) is 0 Å². The second kappa shape index (κ2) is 8.10. The molecule has 1 fully saturated rings. The lowest BCUT2D eigenvalue weighted by Gasteiger charge is -2.34. The van der Waals surface area contributed by atoms with E-state index in [1.807, 2.05) is 6.92 Å². The molecule has 1 N–H and O–H groups in total. The minimum absolute atomic E-state index is 0.0336. The van der Waals surface area contributed by atoms with Crippen LogP contribution in [-0.2, 0) is 11.3 Å². The number of carbonyl (C=O) groups is 1. The molecule has 23 heavy (non-hydrogen) atoms. The number of amides is 1. The lowest BCUT2D eigenvalue weighted by atomic mass is 10.1. The van der Waals surface area contributed by atoms with Gasteiger partial charge in [0.15, 0.2) is 0 Å². The van der Waals surface area contributed by atoms with E-state index in [4.69, 9.17) is 9.47 Å². The second-order valence-electron chi connectivity index (χ2n) is 5.31. The smallest absolute Gasteiger partial charge is 0.410 e. The van der Waals surface area contributed by atoms with E-state index in [2.05, 4.69) is 5.32 Å². The van der Waals surface area contributed by atoms with Crippen LogP contribution in [0, 0.1) is 11.6 Å². The Morgan fingerprint density at radius 3 is 2.65 bits per heavy atom. The summed E-state index contributed by atoms with van der Waals surface area (Å²) < 4.78 is 38.0. The molecule has 1 heterocycles. The fourth-order valence-corrected chi connectivity index (χ4v) is 2.55. The number of ether oxygens (including phenoxy) is 2. The summed E-state index contributed by atoms with van der Waals surface area (Å²) in [5, 5.41) is 3.20. The highest BCUT2D eigenvalue weighted by Gasteiger charge is 2.26. The number of halogens is 2. The maximum absolute atomic E-state index is 13.9. The normalized spacial score (nSPS) is 17.9. The van der Waals surface area contributed by atoms with Gasteiger partial charge in [-0.05, 0) is 13.3 Å². The molecule has 1 saturated heterocycles. The molecule has 0 spiro atoms. The van der Waals surface area contributed by atoms with Crippen molar-refractivity contribution in [3.63, 3.8) is 0 Å². The molecular formula is C16H22F2N2O3. The van der Waals surface area contributed by atoms with E-state index in [0.29, 0.717) is 26.2 Å². The molecule has 1 atom stereocenters. The van der Waals surface area contributed by atoms with Gasteiger partial charge in [0, 0.05) is 37.8 Å². The fraction of sp³-hybridized carbons (Fsp3) is 0.562. The van der Waals surface area contributed by atoms with Crippen LogP contribution in [0.15, 0.2) is 12.1 Å². The molecular weight excluding hydrogens is 306 g/mol. The van der Waals surface area contributed by atoms with Crippen molar-refractivity contribution in [3.05, 3.63) is 29.3 Å². The quantitative estimate of drug-likeness (QED) is 0.903. The minimum Gasteiger partial charge on any atom is -0.494 e. The van der Waals surface area contributed by atoms with Crippen LogP contribution in [0.5, 0.6) is 5.75 Å². The summed E-state index contributed by atoms with van der Waals surface area (Å²) in [5.41, 5.74) is -0.273. The average molecular weight is 328 g/mol. The number of hydrogen-bond acceptors (Lipinski definition) is 4. The summed E-state index contributed by atoms with van der Waals surface area (Å²) in [6.07, 6.45) is 0.236. The summed E-state index contributed by atoms with van der Waals surface area (Å²) in [6.45, 7) is 5.46. The van der Waals surface area contributed by atoms with Crippen LogP contribution in [0.1, 0.15) is 25.8 Å². The molecule has 1 aliphatic rings. The fourth-order valence-electron chi connectivity index (χ4n) is 2.55. The van der Waals surface area contributed by atoms with Crippen molar-refractivity contribution < 1.29 is 23.0 Å². The Morgan fingerprint density at radius 1 is 1.35 bits per heavy atom. The number of nitrogens with one attached hydrogen (secondary N) is 1. The van der Waals surface area contributed by atoms with Gasteiger partial charge in [-0.25, -0.2) is 13.6 Å². The highest BCUT2D eigenvalue weighted by molar-refractivity contribution is 5.68. The van der Waals surface area contributed by atoms with Gasteiger partial charge in [-0.15, -0.1) is 0 Å². The molecule has 0 aromatic heterocycles. The number of carbonyl (C=O) groups excluding carboxylic acids is 1. The molecule has 0 aliphatic carbocycles. The lowest BCUT2D eigenvalue weighted by Crippen LogP contribution is -2.53. The molecule has 128 valence electrons. The third-order valence-corrected chi connectivity index (χ3v) is 3.82. The van der Waals surface area contributed by atoms with Crippen molar-refractivity contribution in [1.29, 1.82) is 0 Å². The van der Waals surface area contributed by atoms with Gasteiger partial charge < -0.3 is 19.7 Å². The Balaban J connectivity index is 2.01. The van der Waals surface area contributed by atoms with Gasteiger partial charge in [-0.3, -0.25) is 0 Å². The molecule has 0 radical (unpaired) electrons. The van der Waals surface area contributed by atoms with Crippen LogP contribution in [0.25, 0.3) is 0 Å². The zero-order chi connectivity index (χ0) is 16.8. The van der Waals surface area contributed by atoms with Crippen molar-refractivity contribution in [3.8, 4) is 5.75 Å². The zero-order valence-electron chi connectivity index (χ0n) is 13.4. The summed E-state index contributed by atoms with van der Waals surface area (Å²) in [5.74, 6) is -1.45. The standard InChI is InChI=1S/C16H22F2N2O3/c1-3-11-9-19-5-6-20(11)16(21)23-10-13-14(17)7-12(22-4-2)8-15(13)18/h7-8,11,19H,3-6,9-10H2,1-2H3/t11-/m1/s1. The summed E-state index contributed by atoms with van der Waals surface area (Å²) in [7, 11) is 0. The zero-order valence-corrected chi connectivity index (χ0v) is 13.4. The average Bonchev–Trinajstić information content (AvgIpc) is 2.54. The summed E-state index contributed by atoms with van der Waals surface area (Å²) >= 11 is 0. The maximum Gasteiger partial charge on any atom is 0.410 e. The third-order valence-electron chi connectivity index (χ3n) is 3.82. The van der Waals surface area contributed by atoms with E-state index in [0.717, 1.165) is 18.6 Å². The van der Waals surface area contributed by atoms with E-state index in [-0.39, 0.29) is 17.4 Å². The lowest BCUT2D eigenvalue weighted by molar-refractivity contribution is 0.0699. The number of nitrogens with zero attached hydrogens (tertiary/aromatic N) is 1.